The average Bonchev–Trinajstić information content (AvgIpc) is 3.22. The largest absolute Gasteiger partial charge is 0.448 e. The molecule has 0 bridgehead atoms. The van der Waals surface area contributed by atoms with E-state index in [9.17, 15) is 4.79 Å². The van der Waals surface area contributed by atoms with Gasteiger partial charge in [0.2, 0.25) is 0 Å². The number of para-hydroxylation sites is 1. The second-order valence-electron chi connectivity index (χ2n) is 5.67. The first-order chi connectivity index (χ1) is 11.3. The maximum Gasteiger partial charge on any atom is 0.287 e. The summed E-state index contributed by atoms with van der Waals surface area (Å²) in [6.07, 6.45) is 2.09. The molecule has 3 heterocycles. The van der Waals surface area contributed by atoms with E-state index < -0.39 is 0 Å². The average molecular weight is 327 g/mol. The van der Waals surface area contributed by atoms with Crippen molar-refractivity contribution in [2.45, 2.75) is 18.9 Å². The molecule has 0 aliphatic carbocycles. The predicted molar refractivity (Wildman–Crippen MR) is 90.7 cm³/mol. The van der Waals surface area contributed by atoms with Crippen molar-refractivity contribution in [1.82, 2.24) is 15.6 Å². The van der Waals surface area contributed by atoms with Crippen LogP contribution in [0.4, 0.5) is 0 Å². The van der Waals surface area contributed by atoms with E-state index in [-0.39, 0.29) is 11.9 Å². The lowest BCUT2D eigenvalue weighted by molar-refractivity contribution is 0.0903. The van der Waals surface area contributed by atoms with Crippen LogP contribution >= 0.6 is 11.3 Å². The van der Waals surface area contributed by atoms with Crippen LogP contribution in [0.25, 0.3) is 21.0 Å². The third-order valence-corrected chi connectivity index (χ3v) is 5.02. The van der Waals surface area contributed by atoms with Gasteiger partial charge in [0.1, 0.15) is 0 Å². The molecule has 2 aromatic heterocycles. The lowest BCUT2D eigenvalue weighted by Crippen LogP contribution is -2.45. The number of carbonyl (C=O) groups is 1. The molecule has 4 rings (SSSR count). The third-order valence-electron chi connectivity index (χ3n) is 3.97. The Balaban J connectivity index is 1.52. The fraction of sp³-hybridized carbons (Fsp3) is 0.294. The molecular formula is C17H17N3O2S. The summed E-state index contributed by atoms with van der Waals surface area (Å²) in [6, 6.07) is 11.7. The van der Waals surface area contributed by atoms with Crippen LogP contribution in [0.5, 0.6) is 0 Å². The molecule has 5 nitrogen and oxygen atoms in total. The van der Waals surface area contributed by atoms with Gasteiger partial charge in [-0.3, -0.25) is 4.79 Å². The number of nitrogens with zero attached hydrogens (tertiary/aromatic N) is 1. The van der Waals surface area contributed by atoms with E-state index in [2.05, 4.69) is 15.6 Å². The van der Waals surface area contributed by atoms with Crippen LogP contribution in [0.1, 0.15) is 23.4 Å². The molecule has 1 fully saturated rings. The standard InChI is InChI=1S/C17H17N3O2S/c21-16(19-11-4-3-9-18-10-11)13-7-8-14(22-13)17-20-12-5-1-2-6-15(12)23-17/h1-2,5-8,11,18H,3-4,9-10H2,(H,19,21). The van der Waals surface area contributed by atoms with Crippen molar-refractivity contribution < 1.29 is 9.21 Å². The van der Waals surface area contributed by atoms with Crippen LogP contribution in [0.3, 0.4) is 0 Å². The number of nitrogens with one attached hydrogen (secondary N) is 2. The van der Waals surface area contributed by atoms with Crippen molar-refractivity contribution in [3.63, 3.8) is 0 Å². The summed E-state index contributed by atoms with van der Waals surface area (Å²) in [4.78, 5) is 16.8. The first-order valence-electron chi connectivity index (χ1n) is 7.77. The number of rotatable bonds is 3. The molecule has 1 atom stereocenters. The minimum absolute atomic E-state index is 0.161. The Hall–Kier alpha value is -2.18. The molecule has 0 radical (unpaired) electrons. The highest BCUT2D eigenvalue weighted by Gasteiger charge is 2.19. The van der Waals surface area contributed by atoms with Crippen LogP contribution < -0.4 is 10.6 Å². The third kappa shape index (κ3) is 3.00. The fourth-order valence-electron chi connectivity index (χ4n) is 2.78. The summed E-state index contributed by atoms with van der Waals surface area (Å²) in [7, 11) is 0. The highest BCUT2D eigenvalue weighted by atomic mass is 32.1. The monoisotopic (exact) mass is 327 g/mol. The van der Waals surface area contributed by atoms with Gasteiger partial charge < -0.3 is 15.1 Å². The minimum Gasteiger partial charge on any atom is -0.448 e. The maximum absolute atomic E-state index is 12.3. The summed E-state index contributed by atoms with van der Waals surface area (Å²) < 4.78 is 6.83. The van der Waals surface area contributed by atoms with Crippen LogP contribution in [-0.4, -0.2) is 30.0 Å². The van der Waals surface area contributed by atoms with Crippen LogP contribution in [-0.2, 0) is 0 Å². The van der Waals surface area contributed by atoms with E-state index in [1.54, 1.807) is 17.4 Å². The molecule has 1 aliphatic rings. The number of benzene rings is 1. The number of hydrogen-bond donors (Lipinski definition) is 2. The quantitative estimate of drug-likeness (QED) is 0.776. The number of thiazole rings is 1. The van der Waals surface area contributed by atoms with Crippen molar-refractivity contribution in [1.29, 1.82) is 0 Å². The molecule has 0 spiro atoms. The molecule has 6 heteroatoms. The molecule has 1 aromatic carbocycles. The summed E-state index contributed by atoms with van der Waals surface area (Å²) in [5.41, 5.74) is 0.947. The molecule has 1 aliphatic heterocycles. The van der Waals surface area contributed by atoms with E-state index in [4.69, 9.17) is 4.42 Å². The number of carbonyl (C=O) groups excluding carboxylic acids is 1. The molecule has 1 saturated heterocycles. The number of fused-ring (bicyclic) bond motifs is 1. The first kappa shape index (κ1) is 14.4. The molecule has 23 heavy (non-hydrogen) atoms. The van der Waals surface area contributed by atoms with E-state index in [0.29, 0.717) is 11.5 Å². The maximum atomic E-state index is 12.3. The van der Waals surface area contributed by atoms with Crippen LogP contribution in [0.15, 0.2) is 40.8 Å². The summed E-state index contributed by atoms with van der Waals surface area (Å²) in [5, 5.41) is 7.09. The second kappa shape index (κ2) is 6.14. The zero-order valence-electron chi connectivity index (χ0n) is 12.5. The molecule has 118 valence electrons. The van der Waals surface area contributed by atoms with Crippen LogP contribution in [0.2, 0.25) is 0 Å². The molecular weight excluding hydrogens is 310 g/mol. The van der Waals surface area contributed by atoms with Crippen molar-refractivity contribution in [3.8, 4) is 10.8 Å². The molecule has 2 N–H and O–H groups in total. The molecule has 1 unspecified atom stereocenters. The predicted octanol–water partition coefficient (Wildman–Crippen LogP) is 3.04. The smallest absolute Gasteiger partial charge is 0.287 e. The van der Waals surface area contributed by atoms with Gasteiger partial charge in [0.15, 0.2) is 16.5 Å². The van der Waals surface area contributed by atoms with Crippen LogP contribution in [0, 0.1) is 0 Å². The van der Waals surface area contributed by atoms with Gasteiger partial charge in [-0.15, -0.1) is 11.3 Å². The minimum atomic E-state index is -0.161. The lowest BCUT2D eigenvalue weighted by Gasteiger charge is -2.23. The van der Waals surface area contributed by atoms with Gasteiger partial charge in [0, 0.05) is 12.6 Å². The Bertz CT molecular complexity index is 800. The second-order valence-corrected chi connectivity index (χ2v) is 6.70. The SMILES string of the molecule is O=C(NC1CCCNC1)c1ccc(-c2nc3ccccc3s2)o1. The van der Waals surface area contributed by atoms with Gasteiger partial charge >= 0.3 is 0 Å². The molecule has 0 saturated carbocycles. The summed E-state index contributed by atoms with van der Waals surface area (Å²) >= 11 is 1.56. The van der Waals surface area contributed by atoms with Crippen molar-refractivity contribution >= 4 is 27.5 Å². The van der Waals surface area contributed by atoms with Gasteiger partial charge in [-0.25, -0.2) is 4.98 Å². The number of aromatic nitrogens is 1. The van der Waals surface area contributed by atoms with Gasteiger partial charge in [-0.2, -0.15) is 0 Å². The van der Waals surface area contributed by atoms with Gasteiger partial charge in [0.25, 0.3) is 5.91 Å². The number of amides is 1. The number of furan rings is 1. The summed E-state index contributed by atoms with van der Waals surface area (Å²) in [5.74, 6) is 0.814. The van der Waals surface area contributed by atoms with Gasteiger partial charge in [0.05, 0.1) is 10.2 Å². The Kier molecular flexibility index (Phi) is 3.85. The Morgan fingerprint density at radius 1 is 1.30 bits per heavy atom. The Morgan fingerprint density at radius 3 is 3.04 bits per heavy atom. The van der Waals surface area contributed by atoms with Crippen molar-refractivity contribution in [3.05, 3.63) is 42.2 Å². The van der Waals surface area contributed by atoms with Gasteiger partial charge in [-0.05, 0) is 43.7 Å². The zero-order valence-corrected chi connectivity index (χ0v) is 13.4. The van der Waals surface area contributed by atoms with E-state index in [1.807, 2.05) is 30.3 Å². The lowest BCUT2D eigenvalue weighted by atomic mass is 10.1. The Morgan fingerprint density at radius 2 is 2.22 bits per heavy atom. The number of piperidine rings is 1. The number of hydrogen-bond acceptors (Lipinski definition) is 5. The van der Waals surface area contributed by atoms with E-state index in [0.717, 1.165) is 41.2 Å². The highest BCUT2D eigenvalue weighted by molar-refractivity contribution is 7.21. The van der Waals surface area contributed by atoms with E-state index >= 15 is 0 Å². The summed E-state index contributed by atoms with van der Waals surface area (Å²) in [6.45, 7) is 1.84. The zero-order chi connectivity index (χ0) is 15.6. The topological polar surface area (TPSA) is 67.2 Å². The fourth-order valence-corrected chi connectivity index (χ4v) is 3.71. The molecule has 1 amide bonds. The normalized spacial score (nSPS) is 18.2. The van der Waals surface area contributed by atoms with Gasteiger partial charge in [-0.1, -0.05) is 12.1 Å². The first-order valence-corrected chi connectivity index (χ1v) is 8.58. The van der Waals surface area contributed by atoms with Crippen molar-refractivity contribution in [2.75, 3.05) is 13.1 Å². The van der Waals surface area contributed by atoms with Crippen molar-refractivity contribution in [2.24, 2.45) is 0 Å². The highest BCUT2D eigenvalue weighted by Crippen LogP contribution is 2.31. The Labute approximate surface area is 137 Å². The molecule has 3 aromatic rings. The van der Waals surface area contributed by atoms with E-state index in [1.165, 1.54) is 0 Å².